The Kier molecular flexibility index (Phi) is 6.36. The van der Waals surface area contributed by atoms with E-state index in [1.807, 2.05) is 0 Å². The van der Waals surface area contributed by atoms with E-state index in [0.29, 0.717) is 12.3 Å². The maximum absolute atomic E-state index is 12.6. The smallest absolute Gasteiger partial charge is 0.262 e. The molecule has 2 aromatic heterocycles. The molecule has 1 fully saturated rings. The highest BCUT2D eigenvalue weighted by Gasteiger charge is 2.21. The van der Waals surface area contributed by atoms with Crippen molar-refractivity contribution in [2.75, 3.05) is 44.2 Å². The molecular weight excluding hydrogens is 394 g/mol. The summed E-state index contributed by atoms with van der Waals surface area (Å²) in [6.45, 7) is 9.56. The minimum atomic E-state index is -0.364. The van der Waals surface area contributed by atoms with Crippen molar-refractivity contribution in [3.63, 3.8) is 0 Å². The number of hydrogen-bond acceptors (Lipinski definition) is 6. The van der Waals surface area contributed by atoms with E-state index in [9.17, 15) is 9.59 Å². The number of fused-ring (bicyclic) bond motifs is 1. The number of nitrogens with one attached hydrogen (secondary N) is 2. The van der Waals surface area contributed by atoms with Crippen molar-refractivity contribution >= 4 is 22.7 Å². The molecule has 8 heteroatoms. The average molecular weight is 424 g/mol. The van der Waals surface area contributed by atoms with Gasteiger partial charge in [-0.2, -0.15) is 0 Å². The number of benzene rings is 1. The summed E-state index contributed by atoms with van der Waals surface area (Å²) in [6, 6.07) is 8.67. The lowest BCUT2D eigenvalue weighted by Crippen LogP contribution is -2.46. The molecular formula is C23H29N5O3. The second-order valence-corrected chi connectivity index (χ2v) is 8.08. The SMILES string of the molecule is Cc1cccc(N2CCN(CCCCNC(=O)c3c(C)oc4nc[nH]c(=O)c34)CC2)c1. The lowest BCUT2D eigenvalue weighted by molar-refractivity contribution is 0.0952. The number of rotatable bonds is 7. The maximum atomic E-state index is 12.6. The largest absolute Gasteiger partial charge is 0.442 e. The zero-order valence-corrected chi connectivity index (χ0v) is 18.1. The number of furan rings is 1. The van der Waals surface area contributed by atoms with Gasteiger partial charge < -0.3 is 19.6 Å². The van der Waals surface area contributed by atoms with Crippen LogP contribution in [0.3, 0.4) is 0 Å². The monoisotopic (exact) mass is 423 g/mol. The highest BCUT2D eigenvalue weighted by Crippen LogP contribution is 2.20. The first-order valence-electron chi connectivity index (χ1n) is 10.8. The number of aromatic nitrogens is 2. The summed E-state index contributed by atoms with van der Waals surface area (Å²) in [6.07, 6.45) is 3.17. The Balaban J connectivity index is 1.20. The minimum absolute atomic E-state index is 0.191. The standard InChI is InChI=1S/C23H29N5O3/c1-16-6-5-7-18(14-16)28-12-10-27(11-13-28)9-4-3-8-24-21(29)19-17(2)31-23-20(19)22(30)25-15-26-23/h5-7,14-15H,3-4,8-13H2,1-2H3,(H,24,29)(H,25,26,30). The van der Waals surface area contributed by atoms with Crippen LogP contribution < -0.4 is 15.8 Å². The fraction of sp³-hybridized carbons (Fsp3) is 0.435. The summed E-state index contributed by atoms with van der Waals surface area (Å²) in [5, 5.41) is 3.12. The number of aromatic amines is 1. The molecule has 0 bridgehead atoms. The lowest BCUT2D eigenvalue weighted by Gasteiger charge is -2.36. The van der Waals surface area contributed by atoms with E-state index in [-0.39, 0.29) is 28.1 Å². The molecule has 0 saturated carbocycles. The van der Waals surface area contributed by atoms with Crippen LogP contribution in [0.15, 0.2) is 39.8 Å². The first kappa shape index (κ1) is 21.1. The Morgan fingerprint density at radius 2 is 2.00 bits per heavy atom. The molecule has 1 amide bonds. The molecule has 1 aliphatic rings. The summed E-state index contributed by atoms with van der Waals surface area (Å²) in [7, 11) is 0. The third-order valence-corrected chi connectivity index (χ3v) is 5.82. The lowest BCUT2D eigenvalue weighted by atomic mass is 10.1. The number of unbranched alkanes of at least 4 members (excludes halogenated alkanes) is 1. The van der Waals surface area contributed by atoms with Gasteiger partial charge in [0.15, 0.2) is 0 Å². The van der Waals surface area contributed by atoms with Crippen molar-refractivity contribution in [2.45, 2.75) is 26.7 Å². The summed E-state index contributed by atoms with van der Waals surface area (Å²) in [5.74, 6) is 0.115. The van der Waals surface area contributed by atoms with Crippen LogP contribution in [0.5, 0.6) is 0 Å². The number of carbonyl (C=O) groups is 1. The number of piperazine rings is 1. The quantitative estimate of drug-likeness (QED) is 0.567. The number of aryl methyl sites for hydroxylation is 2. The summed E-state index contributed by atoms with van der Waals surface area (Å²) in [5.41, 5.74) is 2.70. The fourth-order valence-corrected chi connectivity index (χ4v) is 4.13. The Hall–Kier alpha value is -3.13. The van der Waals surface area contributed by atoms with E-state index in [4.69, 9.17) is 4.42 Å². The predicted octanol–water partition coefficient (Wildman–Crippen LogP) is 2.47. The van der Waals surface area contributed by atoms with Crippen LogP contribution in [0.2, 0.25) is 0 Å². The number of hydrogen-bond donors (Lipinski definition) is 2. The number of H-pyrrole nitrogens is 1. The number of anilines is 1. The van der Waals surface area contributed by atoms with Gasteiger partial charge in [-0.05, 0) is 50.9 Å². The van der Waals surface area contributed by atoms with Crippen LogP contribution in [0.4, 0.5) is 5.69 Å². The molecule has 2 N–H and O–H groups in total. The molecule has 0 atom stereocenters. The van der Waals surface area contributed by atoms with Gasteiger partial charge in [0.05, 0.1) is 11.9 Å². The van der Waals surface area contributed by atoms with Crippen LogP contribution >= 0.6 is 0 Å². The zero-order valence-electron chi connectivity index (χ0n) is 18.1. The Morgan fingerprint density at radius 3 is 2.77 bits per heavy atom. The van der Waals surface area contributed by atoms with Crippen LogP contribution in [-0.2, 0) is 0 Å². The van der Waals surface area contributed by atoms with E-state index in [1.54, 1.807) is 6.92 Å². The van der Waals surface area contributed by atoms with Gasteiger partial charge in [-0.3, -0.25) is 14.5 Å². The fourth-order valence-electron chi connectivity index (χ4n) is 4.13. The van der Waals surface area contributed by atoms with Gasteiger partial charge >= 0.3 is 0 Å². The number of carbonyl (C=O) groups excluding carboxylic acids is 1. The molecule has 1 aromatic carbocycles. The van der Waals surface area contributed by atoms with Gasteiger partial charge in [0.25, 0.3) is 11.5 Å². The Morgan fingerprint density at radius 1 is 1.19 bits per heavy atom. The predicted molar refractivity (Wildman–Crippen MR) is 121 cm³/mol. The third kappa shape index (κ3) is 4.80. The van der Waals surface area contributed by atoms with Crippen LogP contribution in [-0.4, -0.2) is 60.0 Å². The molecule has 1 aliphatic heterocycles. The summed E-state index contributed by atoms with van der Waals surface area (Å²) < 4.78 is 5.45. The first-order chi connectivity index (χ1) is 15.0. The number of nitrogens with zero attached hydrogens (tertiary/aromatic N) is 3. The molecule has 1 saturated heterocycles. The van der Waals surface area contributed by atoms with Gasteiger partial charge in [0.2, 0.25) is 5.71 Å². The molecule has 164 valence electrons. The molecule has 0 radical (unpaired) electrons. The van der Waals surface area contributed by atoms with Crippen molar-refractivity contribution in [1.29, 1.82) is 0 Å². The van der Waals surface area contributed by atoms with Crippen molar-refractivity contribution in [1.82, 2.24) is 20.2 Å². The van der Waals surface area contributed by atoms with Gasteiger partial charge in [-0.15, -0.1) is 0 Å². The number of amides is 1. The summed E-state index contributed by atoms with van der Waals surface area (Å²) in [4.78, 5) is 36.0. The van der Waals surface area contributed by atoms with E-state index >= 15 is 0 Å². The topological polar surface area (TPSA) is 94.5 Å². The van der Waals surface area contributed by atoms with E-state index in [0.717, 1.165) is 45.6 Å². The Bertz CT molecular complexity index is 1110. The molecule has 31 heavy (non-hydrogen) atoms. The van der Waals surface area contributed by atoms with Gasteiger partial charge in [-0.1, -0.05) is 12.1 Å². The molecule has 0 unspecified atom stereocenters. The normalized spacial score (nSPS) is 14.8. The van der Waals surface area contributed by atoms with Gasteiger partial charge in [0.1, 0.15) is 11.1 Å². The Labute approximate surface area is 181 Å². The molecule has 8 nitrogen and oxygen atoms in total. The van der Waals surface area contributed by atoms with Crippen LogP contribution in [0.1, 0.15) is 34.5 Å². The van der Waals surface area contributed by atoms with Crippen LogP contribution in [0.25, 0.3) is 11.1 Å². The molecule has 3 aromatic rings. The van der Waals surface area contributed by atoms with E-state index in [1.165, 1.54) is 17.6 Å². The zero-order chi connectivity index (χ0) is 21.8. The van der Waals surface area contributed by atoms with Crippen LogP contribution in [0, 0.1) is 13.8 Å². The molecule has 0 spiro atoms. The van der Waals surface area contributed by atoms with Crippen molar-refractivity contribution in [2.24, 2.45) is 0 Å². The first-order valence-corrected chi connectivity index (χ1v) is 10.8. The molecule has 3 heterocycles. The van der Waals surface area contributed by atoms with E-state index in [2.05, 4.69) is 56.3 Å². The maximum Gasteiger partial charge on any atom is 0.262 e. The molecule has 0 aliphatic carbocycles. The third-order valence-electron chi connectivity index (χ3n) is 5.82. The van der Waals surface area contributed by atoms with Gasteiger partial charge in [-0.25, -0.2) is 4.98 Å². The highest BCUT2D eigenvalue weighted by molar-refractivity contribution is 6.06. The van der Waals surface area contributed by atoms with Crippen molar-refractivity contribution < 1.29 is 9.21 Å². The minimum Gasteiger partial charge on any atom is -0.442 e. The van der Waals surface area contributed by atoms with Gasteiger partial charge in [0, 0.05) is 38.4 Å². The van der Waals surface area contributed by atoms with E-state index < -0.39 is 0 Å². The van der Waals surface area contributed by atoms with Crippen molar-refractivity contribution in [3.8, 4) is 0 Å². The second kappa shape index (κ2) is 9.34. The highest BCUT2D eigenvalue weighted by atomic mass is 16.3. The van der Waals surface area contributed by atoms with Crippen molar-refractivity contribution in [3.05, 3.63) is 57.8 Å². The summed E-state index contributed by atoms with van der Waals surface area (Å²) >= 11 is 0. The molecule has 4 rings (SSSR count). The second-order valence-electron chi connectivity index (χ2n) is 8.08. The average Bonchev–Trinajstić information content (AvgIpc) is 3.11.